The average Bonchev–Trinajstić information content (AvgIpc) is 2.75. The molecule has 33 heavy (non-hydrogen) atoms. The predicted octanol–water partition coefficient (Wildman–Crippen LogP) is 4.05. The minimum atomic E-state index is -0.953. The van der Waals surface area contributed by atoms with E-state index in [1.807, 2.05) is 19.9 Å². The molecule has 0 radical (unpaired) electrons. The van der Waals surface area contributed by atoms with Gasteiger partial charge in [-0.3, -0.25) is 9.59 Å². The third kappa shape index (κ3) is 5.08. The predicted molar refractivity (Wildman–Crippen MR) is 123 cm³/mol. The Hall–Kier alpha value is -2.80. The molecular weight excluding hydrogens is 426 g/mol. The summed E-state index contributed by atoms with van der Waals surface area (Å²) in [7, 11) is 0. The van der Waals surface area contributed by atoms with Crippen molar-refractivity contribution in [3.63, 3.8) is 0 Å². The SMILES string of the molecule is CC(C)(CC(=O)N1CC[C@@](CO)(c2ccc(F)c(F)c2)C(C)(C)C1)NC(=O)c1ccccc1. The third-order valence-corrected chi connectivity index (χ3v) is 6.87. The first kappa shape index (κ1) is 24.8. The summed E-state index contributed by atoms with van der Waals surface area (Å²) in [5.74, 6) is -2.24. The molecule has 0 spiro atoms. The number of rotatable bonds is 6. The summed E-state index contributed by atoms with van der Waals surface area (Å²) in [6, 6.07) is 12.6. The van der Waals surface area contributed by atoms with E-state index in [9.17, 15) is 23.5 Å². The van der Waals surface area contributed by atoms with Gasteiger partial charge in [0.05, 0.1) is 6.61 Å². The van der Waals surface area contributed by atoms with Gasteiger partial charge in [-0.05, 0) is 55.5 Å². The lowest BCUT2D eigenvalue weighted by Gasteiger charge is -2.53. The molecule has 1 fully saturated rings. The van der Waals surface area contributed by atoms with Crippen molar-refractivity contribution in [2.24, 2.45) is 5.41 Å². The number of hydrogen-bond acceptors (Lipinski definition) is 3. The van der Waals surface area contributed by atoms with E-state index in [0.717, 1.165) is 12.1 Å². The maximum atomic E-state index is 14.0. The summed E-state index contributed by atoms with van der Waals surface area (Å²) in [6.07, 6.45) is 0.517. The summed E-state index contributed by atoms with van der Waals surface area (Å²) in [6.45, 7) is 7.92. The number of aliphatic hydroxyl groups excluding tert-OH is 1. The van der Waals surface area contributed by atoms with Crippen molar-refractivity contribution in [2.45, 2.75) is 51.5 Å². The number of aliphatic hydroxyl groups is 1. The number of carbonyl (C=O) groups is 2. The molecule has 2 aromatic carbocycles. The highest BCUT2D eigenvalue weighted by Crippen LogP contribution is 2.48. The number of carbonyl (C=O) groups excluding carboxylic acids is 2. The maximum Gasteiger partial charge on any atom is 0.251 e. The zero-order chi connectivity index (χ0) is 24.4. The van der Waals surface area contributed by atoms with Crippen LogP contribution in [-0.2, 0) is 10.2 Å². The molecule has 0 bridgehead atoms. The van der Waals surface area contributed by atoms with E-state index >= 15 is 0 Å². The summed E-state index contributed by atoms with van der Waals surface area (Å²) < 4.78 is 27.4. The average molecular weight is 459 g/mol. The molecule has 1 saturated heterocycles. The van der Waals surface area contributed by atoms with Gasteiger partial charge in [0.15, 0.2) is 11.6 Å². The lowest BCUT2D eigenvalue weighted by Crippen LogP contribution is -2.59. The number of nitrogens with one attached hydrogen (secondary N) is 1. The molecule has 1 atom stereocenters. The van der Waals surface area contributed by atoms with Gasteiger partial charge in [0, 0.05) is 36.0 Å². The number of halogens is 2. The van der Waals surface area contributed by atoms with Gasteiger partial charge < -0.3 is 15.3 Å². The number of piperidine rings is 1. The molecule has 0 saturated carbocycles. The fraction of sp³-hybridized carbons (Fsp3) is 0.462. The summed E-state index contributed by atoms with van der Waals surface area (Å²) in [5.41, 5.74) is -1.13. The zero-order valence-electron chi connectivity index (χ0n) is 19.6. The monoisotopic (exact) mass is 458 g/mol. The Kier molecular flexibility index (Phi) is 6.93. The van der Waals surface area contributed by atoms with Gasteiger partial charge in [0.1, 0.15) is 0 Å². The standard InChI is InChI=1S/C26H32F2N2O3/c1-24(2)16-30(13-12-26(24,17-31)19-10-11-20(27)21(28)14-19)22(32)15-25(3,4)29-23(33)18-8-6-5-7-9-18/h5-11,14,31H,12-13,15-17H2,1-4H3,(H,29,33)/t26-/m1/s1. The normalized spacial score (nSPS) is 20.4. The Labute approximate surface area is 193 Å². The molecule has 1 aliphatic rings. The molecule has 7 heteroatoms. The highest BCUT2D eigenvalue weighted by molar-refractivity contribution is 5.95. The molecule has 3 rings (SSSR count). The van der Waals surface area contributed by atoms with Crippen molar-refractivity contribution >= 4 is 11.8 Å². The molecule has 2 N–H and O–H groups in total. The molecule has 0 aromatic heterocycles. The molecular formula is C26H32F2N2O3. The van der Waals surface area contributed by atoms with Crippen LogP contribution in [0.3, 0.4) is 0 Å². The smallest absolute Gasteiger partial charge is 0.251 e. The van der Waals surface area contributed by atoms with Gasteiger partial charge in [-0.2, -0.15) is 0 Å². The number of nitrogens with zero attached hydrogens (tertiary/aromatic N) is 1. The van der Waals surface area contributed by atoms with Crippen LogP contribution in [0.2, 0.25) is 0 Å². The van der Waals surface area contributed by atoms with Crippen LogP contribution in [0.5, 0.6) is 0 Å². The van der Waals surface area contributed by atoms with E-state index in [1.54, 1.807) is 43.0 Å². The third-order valence-electron chi connectivity index (χ3n) is 6.87. The van der Waals surface area contributed by atoms with Gasteiger partial charge >= 0.3 is 0 Å². The van der Waals surface area contributed by atoms with E-state index in [-0.39, 0.29) is 24.8 Å². The number of likely N-dealkylation sites (tertiary alicyclic amines) is 1. The Bertz CT molecular complexity index is 1020. The largest absolute Gasteiger partial charge is 0.395 e. The molecule has 2 aromatic rings. The van der Waals surface area contributed by atoms with Crippen molar-refractivity contribution < 1.29 is 23.5 Å². The van der Waals surface area contributed by atoms with Gasteiger partial charge in [0.25, 0.3) is 5.91 Å². The van der Waals surface area contributed by atoms with Crippen molar-refractivity contribution in [1.82, 2.24) is 10.2 Å². The lowest BCUT2D eigenvalue weighted by atomic mass is 9.58. The van der Waals surface area contributed by atoms with Gasteiger partial charge in [-0.1, -0.05) is 38.1 Å². The first-order chi connectivity index (χ1) is 15.4. The molecule has 0 unspecified atom stereocenters. The van der Waals surface area contributed by atoms with Crippen molar-refractivity contribution in [3.05, 3.63) is 71.3 Å². The number of amides is 2. The second-order valence-corrected chi connectivity index (χ2v) is 10.2. The van der Waals surface area contributed by atoms with E-state index in [2.05, 4.69) is 5.32 Å². The number of hydrogen-bond donors (Lipinski definition) is 2. The van der Waals surface area contributed by atoms with Crippen LogP contribution in [0.4, 0.5) is 8.78 Å². The second-order valence-electron chi connectivity index (χ2n) is 10.2. The summed E-state index contributed by atoms with van der Waals surface area (Å²) in [5, 5.41) is 13.3. The van der Waals surface area contributed by atoms with Crippen LogP contribution in [-0.4, -0.2) is 47.1 Å². The van der Waals surface area contributed by atoms with Crippen molar-refractivity contribution in [3.8, 4) is 0 Å². The minimum Gasteiger partial charge on any atom is -0.395 e. The number of benzene rings is 2. The lowest BCUT2D eigenvalue weighted by molar-refractivity contribution is -0.138. The fourth-order valence-electron chi connectivity index (χ4n) is 4.80. The first-order valence-corrected chi connectivity index (χ1v) is 11.1. The molecule has 0 aliphatic carbocycles. The maximum absolute atomic E-state index is 14.0. The Morgan fingerprint density at radius 2 is 1.76 bits per heavy atom. The van der Waals surface area contributed by atoms with Crippen LogP contribution >= 0.6 is 0 Å². The van der Waals surface area contributed by atoms with Gasteiger partial charge in [-0.25, -0.2) is 8.78 Å². The zero-order valence-corrected chi connectivity index (χ0v) is 19.6. The first-order valence-electron chi connectivity index (χ1n) is 11.1. The van der Waals surface area contributed by atoms with E-state index in [4.69, 9.17) is 0 Å². The van der Waals surface area contributed by atoms with Crippen LogP contribution in [0.15, 0.2) is 48.5 Å². The Balaban J connectivity index is 1.72. The second kappa shape index (κ2) is 9.21. The topological polar surface area (TPSA) is 69.6 Å². The molecule has 2 amide bonds. The van der Waals surface area contributed by atoms with E-state index < -0.39 is 28.0 Å². The minimum absolute atomic E-state index is 0.110. The molecule has 5 nitrogen and oxygen atoms in total. The van der Waals surface area contributed by atoms with Crippen LogP contribution < -0.4 is 5.32 Å². The molecule has 1 aliphatic heterocycles. The summed E-state index contributed by atoms with van der Waals surface area (Å²) >= 11 is 0. The Morgan fingerprint density at radius 1 is 1.09 bits per heavy atom. The summed E-state index contributed by atoms with van der Waals surface area (Å²) in [4.78, 5) is 27.4. The molecule has 178 valence electrons. The van der Waals surface area contributed by atoms with Gasteiger partial charge in [0.2, 0.25) is 5.91 Å². The highest BCUT2D eigenvalue weighted by Gasteiger charge is 2.50. The van der Waals surface area contributed by atoms with Gasteiger partial charge in [-0.15, -0.1) is 0 Å². The van der Waals surface area contributed by atoms with Crippen LogP contribution in [0.25, 0.3) is 0 Å². The van der Waals surface area contributed by atoms with E-state index in [0.29, 0.717) is 30.6 Å². The Morgan fingerprint density at radius 3 is 2.33 bits per heavy atom. The van der Waals surface area contributed by atoms with E-state index in [1.165, 1.54) is 6.07 Å². The highest BCUT2D eigenvalue weighted by atomic mass is 19.2. The fourth-order valence-corrected chi connectivity index (χ4v) is 4.80. The van der Waals surface area contributed by atoms with Crippen LogP contribution in [0.1, 0.15) is 56.5 Å². The van der Waals surface area contributed by atoms with Crippen LogP contribution in [0, 0.1) is 17.0 Å². The molecule has 1 heterocycles. The van der Waals surface area contributed by atoms with Crippen molar-refractivity contribution in [1.29, 1.82) is 0 Å². The quantitative estimate of drug-likeness (QED) is 0.686. The van der Waals surface area contributed by atoms with Crippen molar-refractivity contribution in [2.75, 3.05) is 19.7 Å².